The fourth-order valence-electron chi connectivity index (χ4n) is 5.78. The third-order valence-electron chi connectivity index (χ3n) is 7.67. The number of unbranched alkanes of at least 4 members (excludes halogenated alkanes) is 1. The van der Waals surface area contributed by atoms with E-state index in [0.29, 0.717) is 0 Å². The number of aromatic amines is 1. The third kappa shape index (κ3) is 3.35. The molecule has 4 heteroatoms. The van der Waals surface area contributed by atoms with E-state index < -0.39 is 24.0 Å². The maximum absolute atomic E-state index is 13.3. The van der Waals surface area contributed by atoms with Crippen LogP contribution >= 0.6 is 0 Å². The van der Waals surface area contributed by atoms with Crippen LogP contribution in [0.4, 0.5) is 5.69 Å². The number of fused-ring (bicyclic) bond motifs is 1. The first-order valence-corrected chi connectivity index (χ1v) is 11.8. The maximum atomic E-state index is 13.3. The van der Waals surface area contributed by atoms with Gasteiger partial charge < -0.3 is 20.1 Å². The molecule has 1 N–H and O–H groups in total. The number of hydrogen-bond donors (Lipinski definition) is 1. The number of rotatable bonds is 6. The van der Waals surface area contributed by atoms with Gasteiger partial charge in [0.1, 0.15) is 0 Å². The van der Waals surface area contributed by atoms with E-state index in [-0.39, 0.29) is 5.41 Å². The second-order valence-electron chi connectivity index (χ2n) is 9.85. The standard InChI is InChI=1S/C27H36N2O2/c1-7-9-14-29-21-13-11-10-12-20(21)27(5,6)22(29)15-19-25(30)23(26(19)31)24-16(3)18(8-2)17(4)28-24/h10-13,15,19,23,25-26,28H,7-9,14H2,1-6H3/q-2. The van der Waals surface area contributed by atoms with Gasteiger partial charge >= 0.3 is 0 Å². The van der Waals surface area contributed by atoms with Gasteiger partial charge in [-0.15, -0.1) is 12.2 Å². The van der Waals surface area contributed by atoms with E-state index in [0.717, 1.165) is 48.5 Å². The van der Waals surface area contributed by atoms with Crippen LogP contribution in [0.25, 0.3) is 0 Å². The van der Waals surface area contributed by atoms with Gasteiger partial charge in [-0.2, -0.15) is 0 Å². The summed E-state index contributed by atoms with van der Waals surface area (Å²) in [5, 5.41) is 26.7. The van der Waals surface area contributed by atoms with Crippen molar-refractivity contribution in [1.82, 2.24) is 4.98 Å². The lowest BCUT2D eigenvalue weighted by molar-refractivity contribution is -0.543. The highest BCUT2D eigenvalue weighted by atomic mass is 16.3. The van der Waals surface area contributed by atoms with Gasteiger partial charge in [0.25, 0.3) is 0 Å². The predicted molar refractivity (Wildman–Crippen MR) is 123 cm³/mol. The van der Waals surface area contributed by atoms with Gasteiger partial charge in [-0.1, -0.05) is 58.4 Å². The number of aryl methyl sites for hydroxylation is 1. The van der Waals surface area contributed by atoms with Crippen molar-refractivity contribution in [2.75, 3.05) is 11.4 Å². The zero-order valence-corrected chi connectivity index (χ0v) is 19.8. The van der Waals surface area contributed by atoms with Crippen molar-refractivity contribution >= 4 is 5.69 Å². The number of benzene rings is 1. The summed E-state index contributed by atoms with van der Waals surface area (Å²) in [5.41, 5.74) is 7.74. The van der Waals surface area contributed by atoms with E-state index in [9.17, 15) is 10.2 Å². The van der Waals surface area contributed by atoms with Crippen LogP contribution in [-0.2, 0) is 11.8 Å². The van der Waals surface area contributed by atoms with Crippen LogP contribution in [0.3, 0.4) is 0 Å². The molecule has 1 aliphatic heterocycles. The molecule has 168 valence electrons. The molecule has 2 aromatic rings. The molecular weight excluding hydrogens is 384 g/mol. The molecule has 1 aliphatic carbocycles. The molecule has 0 amide bonds. The first-order valence-electron chi connectivity index (χ1n) is 11.8. The Bertz CT molecular complexity index is 977. The Hall–Kier alpha value is -2.04. The summed E-state index contributed by atoms with van der Waals surface area (Å²) in [4.78, 5) is 5.73. The van der Waals surface area contributed by atoms with Crippen LogP contribution in [0.1, 0.15) is 74.5 Å². The van der Waals surface area contributed by atoms with Gasteiger partial charge in [-0.05, 0) is 61.3 Å². The van der Waals surface area contributed by atoms with Crippen molar-refractivity contribution in [3.63, 3.8) is 0 Å². The summed E-state index contributed by atoms with van der Waals surface area (Å²) in [7, 11) is 0. The van der Waals surface area contributed by atoms with Gasteiger partial charge in [0.15, 0.2) is 0 Å². The Balaban J connectivity index is 1.67. The van der Waals surface area contributed by atoms with Gasteiger partial charge in [0.2, 0.25) is 0 Å². The number of aromatic nitrogens is 1. The summed E-state index contributed by atoms with van der Waals surface area (Å²) in [6.07, 6.45) is 3.34. The van der Waals surface area contributed by atoms with Crippen molar-refractivity contribution in [1.29, 1.82) is 0 Å². The lowest BCUT2D eigenvalue weighted by Gasteiger charge is -2.60. The molecule has 0 spiro atoms. The average Bonchev–Trinajstić information content (AvgIpc) is 3.14. The highest BCUT2D eigenvalue weighted by molar-refractivity contribution is 5.70. The summed E-state index contributed by atoms with van der Waals surface area (Å²) in [6, 6.07) is 8.50. The Morgan fingerprint density at radius 2 is 1.77 bits per heavy atom. The minimum Gasteiger partial charge on any atom is -0.851 e. The molecule has 1 fully saturated rings. The highest BCUT2D eigenvalue weighted by Gasteiger charge is 2.43. The Morgan fingerprint density at radius 1 is 1.10 bits per heavy atom. The van der Waals surface area contributed by atoms with E-state index in [1.807, 2.05) is 19.9 Å². The zero-order valence-electron chi connectivity index (χ0n) is 19.8. The number of allylic oxidation sites excluding steroid dienone is 1. The number of nitrogens with zero attached hydrogens (tertiary/aromatic N) is 1. The molecule has 2 heterocycles. The first-order chi connectivity index (χ1) is 14.7. The van der Waals surface area contributed by atoms with Crippen LogP contribution in [0.2, 0.25) is 0 Å². The Kier molecular flexibility index (Phi) is 5.82. The molecule has 1 saturated carbocycles. The molecule has 0 saturated heterocycles. The molecule has 0 bridgehead atoms. The summed E-state index contributed by atoms with van der Waals surface area (Å²) < 4.78 is 0. The minimum absolute atomic E-state index is 0.205. The largest absolute Gasteiger partial charge is 0.851 e. The lowest BCUT2D eigenvalue weighted by Crippen LogP contribution is -2.65. The van der Waals surface area contributed by atoms with Gasteiger partial charge in [0.05, 0.1) is 0 Å². The number of H-pyrrole nitrogens is 1. The van der Waals surface area contributed by atoms with Crippen molar-refractivity contribution in [2.24, 2.45) is 5.92 Å². The van der Waals surface area contributed by atoms with Crippen LogP contribution in [0, 0.1) is 19.8 Å². The van der Waals surface area contributed by atoms with E-state index in [1.54, 1.807) is 0 Å². The predicted octanol–water partition coefficient (Wildman–Crippen LogP) is 3.85. The summed E-state index contributed by atoms with van der Waals surface area (Å²) in [6.45, 7) is 13.7. The van der Waals surface area contributed by atoms with Crippen LogP contribution in [0.5, 0.6) is 0 Å². The molecule has 2 atom stereocenters. The average molecular weight is 421 g/mol. The minimum atomic E-state index is -0.899. The molecule has 1 aromatic heterocycles. The van der Waals surface area contributed by atoms with E-state index in [4.69, 9.17) is 0 Å². The molecule has 2 unspecified atom stereocenters. The molecular formula is C27H36N2O2-2. The fraction of sp³-hybridized carbons (Fsp3) is 0.556. The highest BCUT2D eigenvalue weighted by Crippen LogP contribution is 2.50. The smallest absolute Gasteiger partial charge is 0.0450 e. The second-order valence-corrected chi connectivity index (χ2v) is 9.85. The van der Waals surface area contributed by atoms with E-state index in [2.05, 4.69) is 61.8 Å². The van der Waals surface area contributed by atoms with E-state index >= 15 is 0 Å². The Labute approximate surface area is 187 Å². The molecule has 0 radical (unpaired) electrons. The fourth-order valence-corrected chi connectivity index (χ4v) is 5.78. The molecule has 4 rings (SSSR count). The van der Waals surface area contributed by atoms with Gasteiger partial charge in [-0.3, -0.25) is 0 Å². The van der Waals surface area contributed by atoms with E-state index in [1.165, 1.54) is 16.8 Å². The molecule has 1 aromatic carbocycles. The maximum Gasteiger partial charge on any atom is 0.0450 e. The van der Waals surface area contributed by atoms with Crippen LogP contribution in [0.15, 0.2) is 36.0 Å². The monoisotopic (exact) mass is 420 g/mol. The molecule has 4 nitrogen and oxygen atoms in total. The lowest BCUT2D eigenvalue weighted by atomic mass is 9.65. The number of anilines is 1. The van der Waals surface area contributed by atoms with Crippen molar-refractivity contribution < 1.29 is 10.2 Å². The normalized spacial score (nSPS) is 28.1. The number of nitrogens with one attached hydrogen (secondary N) is 1. The van der Waals surface area contributed by atoms with Gasteiger partial charge in [-0.25, -0.2) is 0 Å². The first kappa shape index (κ1) is 22.2. The topological polar surface area (TPSA) is 65.1 Å². The summed E-state index contributed by atoms with van der Waals surface area (Å²) >= 11 is 0. The number of hydrogen-bond acceptors (Lipinski definition) is 3. The number of para-hydroxylation sites is 1. The summed E-state index contributed by atoms with van der Waals surface area (Å²) in [5.74, 6) is -0.956. The second kappa shape index (κ2) is 8.14. The Morgan fingerprint density at radius 3 is 2.39 bits per heavy atom. The van der Waals surface area contributed by atoms with Crippen molar-refractivity contribution in [3.05, 3.63) is 64.1 Å². The van der Waals surface area contributed by atoms with Crippen molar-refractivity contribution in [2.45, 2.75) is 84.3 Å². The van der Waals surface area contributed by atoms with Crippen molar-refractivity contribution in [3.8, 4) is 0 Å². The van der Waals surface area contributed by atoms with Gasteiger partial charge in [0, 0.05) is 34.7 Å². The molecule has 2 aliphatic rings. The third-order valence-corrected chi connectivity index (χ3v) is 7.67. The van der Waals surface area contributed by atoms with Crippen LogP contribution in [-0.4, -0.2) is 23.7 Å². The SMILES string of the molecule is CCCCN1C(=CC2C([O-])C(c3[nH]c(C)c(CC)c3C)C2[O-])C(C)(C)c2ccccc21. The zero-order chi connectivity index (χ0) is 22.5. The quantitative estimate of drug-likeness (QED) is 0.772. The van der Waals surface area contributed by atoms with Crippen LogP contribution < -0.4 is 15.1 Å². The molecule has 31 heavy (non-hydrogen) atoms.